The summed E-state index contributed by atoms with van der Waals surface area (Å²) < 4.78 is 13.0. The normalized spacial score (nSPS) is 13.0. The number of phenols is 2. The van der Waals surface area contributed by atoms with Crippen LogP contribution in [-0.4, -0.2) is 102 Å². The van der Waals surface area contributed by atoms with Crippen LogP contribution in [0.15, 0.2) is 106 Å². The molecule has 0 spiro atoms. The zero-order valence-corrected chi connectivity index (χ0v) is 44.1. The first-order valence-electron chi connectivity index (χ1n) is 23.5. The molecule has 3 heterocycles. The van der Waals surface area contributed by atoms with Crippen molar-refractivity contribution in [3.05, 3.63) is 129 Å². The molecule has 7 rings (SSSR count). The number of hydrogen-bond acceptors (Lipinski definition) is 12. The quantitative estimate of drug-likeness (QED) is 0.0334. The number of amidine groups is 1. The van der Waals surface area contributed by atoms with E-state index in [9.17, 15) is 19.8 Å². The van der Waals surface area contributed by atoms with Crippen molar-refractivity contribution in [3.8, 4) is 27.7 Å². The van der Waals surface area contributed by atoms with E-state index >= 15 is 0 Å². The lowest BCUT2D eigenvalue weighted by molar-refractivity contribution is -0.120. The van der Waals surface area contributed by atoms with Gasteiger partial charge in [-0.3, -0.25) is 14.6 Å². The van der Waals surface area contributed by atoms with E-state index in [1.165, 1.54) is 39.3 Å². The summed E-state index contributed by atoms with van der Waals surface area (Å²) in [6, 6.07) is 26.9. The molecule has 0 aliphatic carbocycles. The lowest BCUT2D eigenvalue weighted by Crippen LogP contribution is -2.44. The number of ether oxygens (including phenoxy) is 2. The molecule has 0 saturated carbocycles. The van der Waals surface area contributed by atoms with Crippen molar-refractivity contribution in [1.82, 2.24) is 10.2 Å². The molecule has 0 radical (unpaired) electrons. The monoisotopic (exact) mass is 1000 g/mol. The topological polar surface area (TPSA) is 149 Å². The van der Waals surface area contributed by atoms with Gasteiger partial charge in [0.15, 0.2) is 5.78 Å². The summed E-state index contributed by atoms with van der Waals surface area (Å²) in [6.07, 6.45) is 1.60. The standard InChI is InChI=1S/C37H46N2O6S.C18H19ClN4S/c1-7-39(20-18-37(5,6)45-22-19-36(3,4)38-25(2)40)21-23-44-30-15-10-26(11-16-30)34(43)33-31-17-14-29(42)24-32(31)46-35(33)27-8-12-28(41)13-9-27;1-11-12(2)24-18-16(11)17(14-5-7-15(19)8-6-14)21-9-10-23(18)13(3)22-20-4/h8-17,24,41-42H,7,18-23H2,1-6H3,(H,38,40);5-8H,4,9-10H2,1-3H3/b;22-13-. The highest BCUT2D eigenvalue weighted by atomic mass is 35.5. The average molecular weight is 1010 g/mol. The molecule has 4 aromatic carbocycles. The Morgan fingerprint density at radius 2 is 1.56 bits per heavy atom. The molecule has 2 aromatic heterocycles. The summed E-state index contributed by atoms with van der Waals surface area (Å²) in [5.41, 5.74) is 5.87. The molecule has 1 amide bonds. The van der Waals surface area contributed by atoms with Gasteiger partial charge < -0.3 is 34.8 Å². The van der Waals surface area contributed by atoms with E-state index in [-0.39, 0.29) is 34.3 Å². The number of thiophene rings is 2. The summed E-state index contributed by atoms with van der Waals surface area (Å²) in [5, 5.41) is 33.3. The van der Waals surface area contributed by atoms with E-state index in [0.717, 1.165) is 81.7 Å². The fourth-order valence-electron chi connectivity index (χ4n) is 8.14. The van der Waals surface area contributed by atoms with Gasteiger partial charge in [0.25, 0.3) is 0 Å². The van der Waals surface area contributed by atoms with Crippen molar-refractivity contribution in [3.63, 3.8) is 0 Å². The maximum Gasteiger partial charge on any atom is 0.217 e. The van der Waals surface area contributed by atoms with Gasteiger partial charge in [0, 0.05) is 92.5 Å². The summed E-state index contributed by atoms with van der Waals surface area (Å²) in [5.74, 6) is 1.67. The van der Waals surface area contributed by atoms with E-state index in [1.54, 1.807) is 65.9 Å². The van der Waals surface area contributed by atoms with Gasteiger partial charge in [-0.05, 0) is 158 Å². The van der Waals surface area contributed by atoms with Crippen LogP contribution in [0.1, 0.15) is 98.8 Å². The molecule has 3 N–H and O–H groups in total. The third-order valence-corrected chi connectivity index (χ3v) is 14.9. The minimum atomic E-state index is -0.305. The Hall–Kier alpha value is -5.90. The summed E-state index contributed by atoms with van der Waals surface area (Å²) in [7, 11) is 0. The van der Waals surface area contributed by atoms with Gasteiger partial charge in [-0.1, -0.05) is 30.7 Å². The minimum Gasteiger partial charge on any atom is -0.508 e. The molecule has 0 fully saturated rings. The van der Waals surface area contributed by atoms with Gasteiger partial charge in [0.2, 0.25) is 5.91 Å². The number of anilines is 1. The van der Waals surface area contributed by atoms with E-state index < -0.39 is 0 Å². The SMILES string of the molecule is C=N/N=C(/C)N1CCN=C(c2ccc(Cl)cc2)c2c1sc(C)c2C.CCN(CCOc1ccc(C(=O)c2c(-c3ccc(O)cc3)sc3cc(O)ccc23)cc1)CCC(C)(C)OCCC(C)(C)NC(C)=O. The number of fused-ring (bicyclic) bond motifs is 2. The van der Waals surface area contributed by atoms with Crippen LogP contribution in [0.25, 0.3) is 20.5 Å². The Kier molecular flexibility index (Phi) is 18.2. The van der Waals surface area contributed by atoms with Crippen LogP contribution in [0.2, 0.25) is 5.02 Å². The van der Waals surface area contributed by atoms with Crippen LogP contribution >= 0.6 is 34.3 Å². The number of aromatic hydroxyl groups is 2. The second kappa shape index (κ2) is 23.8. The number of amides is 1. The number of nitrogens with one attached hydrogen (secondary N) is 1. The predicted molar refractivity (Wildman–Crippen MR) is 291 cm³/mol. The second-order valence-electron chi connectivity index (χ2n) is 18.5. The van der Waals surface area contributed by atoms with Crippen molar-refractivity contribution in [2.45, 2.75) is 86.3 Å². The van der Waals surface area contributed by atoms with E-state index in [0.29, 0.717) is 36.6 Å². The van der Waals surface area contributed by atoms with Gasteiger partial charge in [0.1, 0.15) is 34.7 Å². The number of aliphatic imine (C=N–C) groups is 1. The van der Waals surface area contributed by atoms with E-state index in [1.807, 2.05) is 57.2 Å². The number of rotatable bonds is 18. The van der Waals surface area contributed by atoms with Crippen molar-refractivity contribution in [1.29, 1.82) is 0 Å². The molecule has 6 aromatic rings. The van der Waals surface area contributed by atoms with Crippen LogP contribution in [0.3, 0.4) is 0 Å². The molecular weight excluding hydrogens is 940 g/mol. The number of nitrogens with zero attached hydrogens (tertiary/aromatic N) is 5. The second-order valence-corrected chi connectivity index (χ2v) is 21.2. The van der Waals surface area contributed by atoms with Gasteiger partial charge in [-0.2, -0.15) is 5.10 Å². The number of carbonyl (C=O) groups is 2. The number of benzene rings is 4. The van der Waals surface area contributed by atoms with Crippen molar-refractivity contribution in [2.75, 3.05) is 50.8 Å². The number of aryl methyl sites for hydroxylation is 1. The molecule has 70 heavy (non-hydrogen) atoms. The third kappa shape index (κ3) is 13.9. The van der Waals surface area contributed by atoms with E-state index in [2.05, 4.69) is 66.7 Å². The molecular formula is C55H65ClN6O6S2. The van der Waals surface area contributed by atoms with Crippen LogP contribution in [0.5, 0.6) is 17.2 Å². The minimum absolute atomic E-state index is 0.0373. The highest BCUT2D eigenvalue weighted by Gasteiger charge is 2.28. The van der Waals surface area contributed by atoms with Crippen LogP contribution in [0.4, 0.5) is 5.00 Å². The predicted octanol–water partition coefficient (Wildman–Crippen LogP) is 12.1. The fraction of sp³-hybridized carbons (Fsp3) is 0.364. The first-order valence-corrected chi connectivity index (χ1v) is 25.5. The fourth-order valence-corrected chi connectivity index (χ4v) is 10.7. The van der Waals surface area contributed by atoms with Crippen molar-refractivity contribution >= 4 is 79.3 Å². The molecule has 0 unspecified atom stereocenters. The number of ketones is 1. The molecule has 0 atom stereocenters. The molecule has 1 aliphatic rings. The summed E-state index contributed by atoms with van der Waals surface area (Å²) >= 11 is 9.25. The van der Waals surface area contributed by atoms with Gasteiger partial charge in [-0.25, -0.2) is 0 Å². The average Bonchev–Trinajstić information content (AvgIpc) is 3.75. The number of hydrogen-bond donors (Lipinski definition) is 3. The molecule has 1 aliphatic heterocycles. The first-order chi connectivity index (χ1) is 33.3. The Bertz CT molecular complexity index is 2830. The summed E-state index contributed by atoms with van der Waals surface area (Å²) in [6.45, 7) is 26.6. The van der Waals surface area contributed by atoms with Crippen LogP contribution in [-0.2, 0) is 9.53 Å². The number of halogens is 1. The third-order valence-electron chi connectivity index (χ3n) is 12.2. The Morgan fingerprint density at radius 3 is 2.21 bits per heavy atom. The van der Waals surface area contributed by atoms with Crippen LogP contribution in [0, 0.1) is 13.8 Å². The maximum absolute atomic E-state index is 13.9. The maximum atomic E-state index is 13.9. The first kappa shape index (κ1) is 53.5. The lowest BCUT2D eigenvalue weighted by Gasteiger charge is -2.31. The zero-order chi connectivity index (χ0) is 50.8. The molecule has 15 heteroatoms. The number of carbonyl (C=O) groups excluding carboxylic acids is 2. The summed E-state index contributed by atoms with van der Waals surface area (Å²) in [4.78, 5) is 36.7. The molecule has 0 bridgehead atoms. The highest BCUT2D eigenvalue weighted by Crippen LogP contribution is 2.42. The van der Waals surface area contributed by atoms with Gasteiger partial charge >= 0.3 is 0 Å². The highest BCUT2D eigenvalue weighted by molar-refractivity contribution is 7.22. The molecule has 0 saturated heterocycles. The van der Waals surface area contributed by atoms with Crippen molar-refractivity contribution < 1.29 is 29.3 Å². The van der Waals surface area contributed by atoms with Crippen LogP contribution < -0.4 is 15.0 Å². The Morgan fingerprint density at radius 1 is 0.886 bits per heavy atom. The molecule has 370 valence electrons. The smallest absolute Gasteiger partial charge is 0.217 e. The number of likely N-dealkylation sites (N-methyl/N-ethyl adjacent to an activating group) is 1. The van der Waals surface area contributed by atoms with E-state index in [4.69, 9.17) is 26.1 Å². The Balaban J connectivity index is 0.000000279. The van der Waals surface area contributed by atoms with Crippen molar-refractivity contribution in [2.24, 2.45) is 15.2 Å². The van der Waals surface area contributed by atoms with Gasteiger partial charge in [0.05, 0.1) is 17.9 Å². The molecule has 12 nitrogen and oxygen atoms in total. The largest absolute Gasteiger partial charge is 0.508 e. The lowest BCUT2D eigenvalue weighted by atomic mass is 9.97. The Labute approximate surface area is 425 Å². The zero-order valence-electron chi connectivity index (χ0n) is 41.7. The number of phenolic OH excluding ortho intramolecular Hbond substituents is 2. The van der Waals surface area contributed by atoms with Gasteiger partial charge in [-0.15, -0.1) is 27.8 Å².